The summed E-state index contributed by atoms with van der Waals surface area (Å²) in [4.78, 5) is 10.6. The van der Waals surface area contributed by atoms with Gasteiger partial charge in [0.15, 0.2) is 0 Å². The first-order valence-electron chi connectivity index (χ1n) is 6.70. The molecule has 0 saturated heterocycles. The van der Waals surface area contributed by atoms with E-state index in [2.05, 4.69) is 30.3 Å². The third-order valence-corrected chi connectivity index (χ3v) is 4.63. The van der Waals surface area contributed by atoms with Crippen LogP contribution in [0, 0.1) is 17.8 Å². The van der Waals surface area contributed by atoms with Crippen LogP contribution in [-0.2, 0) is 4.79 Å². The van der Waals surface area contributed by atoms with Crippen molar-refractivity contribution in [3.05, 3.63) is 48.0 Å². The largest absolute Gasteiger partial charge is 0.478 e. The molecule has 0 aromatic heterocycles. The smallest absolute Gasteiger partial charge is 0.327 e. The summed E-state index contributed by atoms with van der Waals surface area (Å²) in [5.41, 5.74) is 1.46. The summed E-state index contributed by atoms with van der Waals surface area (Å²) in [7, 11) is 0. The van der Waals surface area contributed by atoms with Gasteiger partial charge in [-0.3, -0.25) is 0 Å². The Labute approximate surface area is 107 Å². The van der Waals surface area contributed by atoms with Crippen molar-refractivity contribution < 1.29 is 9.90 Å². The second-order valence-corrected chi connectivity index (χ2v) is 5.61. The van der Waals surface area contributed by atoms with E-state index < -0.39 is 5.97 Å². The van der Waals surface area contributed by atoms with Gasteiger partial charge in [-0.25, -0.2) is 4.79 Å². The maximum atomic E-state index is 10.6. The lowest BCUT2D eigenvalue weighted by Crippen LogP contribution is -2.15. The summed E-state index contributed by atoms with van der Waals surface area (Å²) in [6.07, 6.45) is 6.89. The molecule has 2 heteroatoms. The Hall–Kier alpha value is -1.57. The van der Waals surface area contributed by atoms with Gasteiger partial charge in [-0.15, -0.1) is 0 Å². The standard InChI is InChI=1S/C16H18O2/c17-16(18)7-6-12-8-14-9-13(12)10-15(14)11-4-2-1-3-5-11/h1-7,12-15H,8-10H2,(H,17,18). The van der Waals surface area contributed by atoms with Gasteiger partial charge in [0.1, 0.15) is 0 Å². The van der Waals surface area contributed by atoms with Gasteiger partial charge < -0.3 is 5.11 Å². The first kappa shape index (κ1) is 11.5. The van der Waals surface area contributed by atoms with Gasteiger partial charge in [0.2, 0.25) is 0 Å². The van der Waals surface area contributed by atoms with Gasteiger partial charge in [0, 0.05) is 6.08 Å². The highest BCUT2D eigenvalue weighted by Crippen LogP contribution is 2.55. The molecule has 0 amide bonds. The van der Waals surface area contributed by atoms with Gasteiger partial charge in [-0.2, -0.15) is 0 Å². The van der Waals surface area contributed by atoms with Crippen molar-refractivity contribution in [2.24, 2.45) is 17.8 Å². The fraction of sp³-hybridized carbons (Fsp3) is 0.438. The first-order valence-corrected chi connectivity index (χ1v) is 6.70. The lowest BCUT2D eigenvalue weighted by atomic mass is 9.78. The topological polar surface area (TPSA) is 37.3 Å². The van der Waals surface area contributed by atoms with Gasteiger partial charge in [-0.1, -0.05) is 36.4 Å². The highest BCUT2D eigenvalue weighted by Gasteiger charge is 2.45. The summed E-state index contributed by atoms with van der Waals surface area (Å²) in [6, 6.07) is 10.8. The Balaban J connectivity index is 1.69. The summed E-state index contributed by atoms with van der Waals surface area (Å²) in [5.74, 6) is 1.81. The Morgan fingerprint density at radius 1 is 1.11 bits per heavy atom. The SMILES string of the molecule is O=C(O)C=CC1CC2CC1CC2c1ccccc1. The highest BCUT2D eigenvalue weighted by molar-refractivity contribution is 5.79. The second-order valence-electron chi connectivity index (χ2n) is 5.61. The van der Waals surface area contributed by atoms with Gasteiger partial charge in [-0.05, 0) is 48.5 Å². The van der Waals surface area contributed by atoms with Crippen molar-refractivity contribution in [1.29, 1.82) is 0 Å². The van der Waals surface area contributed by atoms with Crippen LogP contribution in [0.25, 0.3) is 0 Å². The van der Waals surface area contributed by atoms with E-state index in [4.69, 9.17) is 5.11 Å². The number of hydrogen-bond donors (Lipinski definition) is 1. The van der Waals surface area contributed by atoms with E-state index in [1.807, 2.05) is 6.08 Å². The molecule has 18 heavy (non-hydrogen) atoms. The van der Waals surface area contributed by atoms with Crippen molar-refractivity contribution in [2.45, 2.75) is 25.2 Å². The zero-order chi connectivity index (χ0) is 12.5. The van der Waals surface area contributed by atoms with Crippen molar-refractivity contribution in [3.8, 4) is 0 Å². The molecule has 2 aliphatic rings. The molecule has 2 saturated carbocycles. The highest BCUT2D eigenvalue weighted by atomic mass is 16.4. The predicted molar refractivity (Wildman–Crippen MR) is 70.3 cm³/mol. The van der Waals surface area contributed by atoms with Crippen LogP contribution < -0.4 is 0 Å². The van der Waals surface area contributed by atoms with Crippen molar-refractivity contribution >= 4 is 5.97 Å². The van der Waals surface area contributed by atoms with Gasteiger partial charge in [0.25, 0.3) is 0 Å². The minimum absolute atomic E-state index is 0.492. The molecule has 3 rings (SSSR count). The minimum atomic E-state index is -0.822. The van der Waals surface area contributed by atoms with Crippen LogP contribution in [0.2, 0.25) is 0 Å². The fourth-order valence-corrected chi connectivity index (χ4v) is 3.87. The Morgan fingerprint density at radius 2 is 1.89 bits per heavy atom. The van der Waals surface area contributed by atoms with Crippen molar-refractivity contribution in [3.63, 3.8) is 0 Å². The molecular formula is C16H18O2. The Kier molecular flexibility index (Phi) is 2.94. The fourth-order valence-electron chi connectivity index (χ4n) is 3.87. The number of benzene rings is 1. The Bertz CT molecular complexity index is 463. The molecule has 0 heterocycles. The summed E-state index contributed by atoms with van der Waals surface area (Å²) >= 11 is 0. The van der Waals surface area contributed by atoms with Crippen LogP contribution in [-0.4, -0.2) is 11.1 Å². The number of carbonyl (C=O) groups is 1. The van der Waals surface area contributed by atoms with Crippen LogP contribution in [0.15, 0.2) is 42.5 Å². The normalized spacial score (nSPS) is 34.2. The molecule has 2 aliphatic carbocycles. The maximum Gasteiger partial charge on any atom is 0.327 e. The van der Waals surface area contributed by atoms with E-state index in [1.54, 1.807) is 0 Å². The molecule has 4 unspecified atom stereocenters. The summed E-state index contributed by atoms with van der Waals surface area (Å²) < 4.78 is 0. The molecule has 94 valence electrons. The Morgan fingerprint density at radius 3 is 2.50 bits per heavy atom. The molecule has 0 spiro atoms. The van der Waals surface area contributed by atoms with Crippen LogP contribution in [0.1, 0.15) is 30.7 Å². The van der Waals surface area contributed by atoms with Crippen LogP contribution in [0.5, 0.6) is 0 Å². The molecule has 1 N–H and O–H groups in total. The van der Waals surface area contributed by atoms with Crippen LogP contribution in [0.4, 0.5) is 0 Å². The average molecular weight is 242 g/mol. The minimum Gasteiger partial charge on any atom is -0.478 e. The van der Waals surface area contributed by atoms with E-state index in [9.17, 15) is 4.79 Å². The zero-order valence-electron chi connectivity index (χ0n) is 10.3. The molecule has 2 fully saturated rings. The van der Waals surface area contributed by atoms with E-state index in [0.29, 0.717) is 17.8 Å². The van der Waals surface area contributed by atoms with Crippen molar-refractivity contribution in [1.82, 2.24) is 0 Å². The number of aliphatic carboxylic acids is 1. The molecule has 2 bridgehead atoms. The quantitative estimate of drug-likeness (QED) is 0.824. The lowest BCUT2D eigenvalue weighted by molar-refractivity contribution is -0.131. The summed E-state index contributed by atoms with van der Waals surface area (Å²) in [6.45, 7) is 0. The molecule has 2 nitrogen and oxygen atoms in total. The third kappa shape index (κ3) is 2.07. The lowest BCUT2D eigenvalue weighted by Gasteiger charge is -2.26. The molecule has 4 atom stereocenters. The van der Waals surface area contributed by atoms with Gasteiger partial charge >= 0.3 is 5.97 Å². The molecule has 0 aliphatic heterocycles. The number of rotatable bonds is 3. The average Bonchev–Trinajstić information content (AvgIpc) is 2.97. The molecule has 0 radical (unpaired) electrons. The molecular weight excluding hydrogens is 224 g/mol. The second kappa shape index (κ2) is 4.60. The van der Waals surface area contributed by atoms with E-state index in [1.165, 1.54) is 24.5 Å². The summed E-state index contributed by atoms with van der Waals surface area (Å²) in [5, 5.41) is 8.69. The third-order valence-electron chi connectivity index (χ3n) is 4.63. The van der Waals surface area contributed by atoms with E-state index in [0.717, 1.165) is 12.3 Å². The molecule has 1 aromatic rings. The van der Waals surface area contributed by atoms with Crippen molar-refractivity contribution in [2.75, 3.05) is 0 Å². The number of carboxylic acid groups (broad SMARTS) is 1. The van der Waals surface area contributed by atoms with Crippen LogP contribution >= 0.6 is 0 Å². The first-order chi connectivity index (χ1) is 8.74. The number of allylic oxidation sites excluding steroid dienone is 1. The maximum absolute atomic E-state index is 10.6. The number of carboxylic acids is 1. The predicted octanol–water partition coefficient (Wildman–Crippen LogP) is 3.46. The molecule has 1 aromatic carbocycles. The monoisotopic (exact) mass is 242 g/mol. The van der Waals surface area contributed by atoms with E-state index in [-0.39, 0.29) is 0 Å². The van der Waals surface area contributed by atoms with Gasteiger partial charge in [0.05, 0.1) is 0 Å². The van der Waals surface area contributed by atoms with E-state index >= 15 is 0 Å². The number of fused-ring (bicyclic) bond motifs is 2. The zero-order valence-corrected chi connectivity index (χ0v) is 10.3. The number of hydrogen-bond acceptors (Lipinski definition) is 1. The van der Waals surface area contributed by atoms with Crippen LogP contribution in [0.3, 0.4) is 0 Å².